The van der Waals surface area contributed by atoms with Crippen molar-refractivity contribution < 1.29 is 9.53 Å². The van der Waals surface area contributed by atoms with E-state index in [2.05, 4.69) is 10.6 Å². The molecule has 1 aromatic rings. The standard InChI is InChI=1S/C14H20N2O2/c1-10(11-6-3-4-8-13(11)18-2)16-14(17)12-7-5-9-15-12/h3-4,6,8,10,12,15H,5,7,9H2,1-2H3,(H,16,17)/t10?,12-/m0/s1. The van der Waals surface area contributed by atoms with E-state index < -0.39 is 0 Å². The van der Waals surface area contributed by atoms with Crippen LogP contribution in [0.15, 0.2) is 24.3 Å². The molecule has 0 aliphatic carbocycles. The van der Waals surface area contributed by atoms with E-state index in [0.717, 1.165) is 30.7 Å². The van der Waals surface area contributed by atoms with Crippen molar-refractivity contribution in [2.24, 2.45) is 0 Å². The van der Waals surface area contributed by atoms with Crippen LogP contribution < -0.4 is 15.4 Å². The highest BCUT2D eigenvalue weighted by atomic mass is 16.5. The van der Waals surface area contributed by atoms with E-state index in [1.54, 1.807) is 7.11 Å². The fourth-order valence-corrected chi connectivity index (χ4v) is 2.32. The van der Waals surface area contributed by atoms with Crippen LogP contribution in [0.4, 0.5) is 0 Å². The summed E-state index contributed by atoms with van der Waals surface area (Å²) in [4.78, 5) is 12.0. The molecule has 2 N–H and O–H groups in total. The lowest BCUT2D eigenvalue weighted by atomic mass is 10.1. The number of hydrogen-bond donors (Lipinski definition) is 2. The summed E-state index contributed by atoms with van der Waals surface area (Å²) < 4.78 is 5.31. The molecule has 0 aromatic heterocycles. The van der Waals surface area contributed by atoms with Crippen LogP contribution in [0.5, 0.6) is 5.75 Å². The normalized spacial score (nSPS) is 20.4. The number of benzene rings is 1. The molecule has 98 valence electrons. The third-order valence-corrected chi connectivity index (χ3v) is 3.34. The Hall–Kier alpha value is -1.55. The molecule has 0 spiro atoms. The first-order valence-electron chi connectivity index (χ1n) is 6.39. The summed E-state index contributed by atoms with van der Waals surface area (Å²) in [7, 11) is 1.64. The number of amides is 1. The van der Waals surface area contributed by atoms with Crippen molar-refractivity contribution in [3.05, 3.63) is 29.8 Å². The van der Waals surface area contributed by atoms with E-state index in [9.17, 15) is 4.79 Å². The zero-order valence-corrected chi connectivity index (χ0v) is 10.9. The summed E-state index contributed by atoms with van der Waals surface area (Å²) in [5.41, 5.74) is 1.01. The molecule has 4 nitrogen and oxygen atoms in total. The molecule has 1 fully saturated rings. The Kier molecular flexibility index (Phi) is 4.20. The molecule has 1 aliphatic heterocycles. The minimum absolute atomic E-state index is 0.0397. The Bertz CT molecular complexity index is 414. The Labute approximate surface area is 108 Å². The molecule has 1 aromatic carbocycles. The molecule has 1 saturated heterocycles. The SMILES string of the molecule is COc1ccccc1C(C)NC(=O)[C@@H]1CCCN1. The van der Waals surface area contributed by atoms with Crippen LogP contribution >= 0.6 is 0 Å². The summed E-state index contributed by atoms with van der Waals surface area (Å²) in [5, 5.41) is 6.23. The van der Waals surface area contributed by atoms with Crippen molar-refractivity contribution in [2.75, 3.05) is 13.7 Å². The number of hydrogen-bond acceptors (Lipinski definition) is 3. The lowest BCUT2D eigenvalue weighted by molar-refractivity contribution is -0.123. The van der Waals surface area contributed by atoms with E-state index >= 15 is 0 Å². The first kappa shape index (κ1) is 12.9. The van der Waals surface area contributed by atoms with Crippen molar-refractivity contribution in [1.82, 2.24) is 10.6 Å². The Balaban J connectivity index is 2.02. The second-order valence-corrected chi connectivity index (χ2v) is 4.62. The fraction of sp³-hybridized carbons (Fsp3) is 0.500. The number of ether oxygens (including phenoxy) is 1. The van der Waals surface area contributed by atoms with E-state index in [4.69, 9.17) is 4.74 Å². The maximum absolute atomic E-state index is 12.0. The fourth-order valence-electron chi connectivity index (χ4n) is 2.32. The monoisotopic (exact) mass is 248 g/mol. The van der Waals surface area contributed by atoms with Gasteiger partial charge in [-0.3, -0.25) is 4.79 Å². The minimum Gasteiger partial charge on any atom is -0.496 e. The van der Waals surface area contributed by atoms with Gasteiger partial charge in [0.1, 0.15) is 5.75 Å². The number of nitrogens with one attached hydrogen (secondary N) is 2. The van der Waals surface area contributed by atoms with E-state index in [1.807, 2.05) is 31.2 Å². The molecule has 4 heteroatoms. The molecule has 1 heterocycles. The van der Waals surface area contributed by atoms with Crippen LogP contribution in [0.25, 0.3) is 0 Å². The second-order valence-electron chi connectivity index (χ2n) is 4.62. The Morgan fingerprint density at radius 1 is 1.50 bits per heavy atom. The van der Waals surface area contributed by atoms with E-state index in [-0.39, 0.29) is 18.0 Å². The van der Waals surface area contributed by atoms with Crippen LogP contribution in [0.2, 0.25) is 0 Å². The van der Waals surface area contributed by atoms with Gasteiger partial charge in [-0.15, -0.1) is 0 Å². The van der Waals surface area contributed by atoms with Crippen molar-refractivity contribution in [3.63, 3.8) is 0 Å². The van der Waals surface area contributed by atoms with Crippen LogP contribution in [-0.4, -0.2) is 25.6 Å². The topological polar surface area (TPSA) is 50.4 Å². The summed E-state index contributed by atoms with van der Waals surface area (Å²) in [6.07, 6.45) is 1.99. The quantitative estimate of drug-likeness (QED) is 0.851. The lowest BCUT2D eigenvalue weighted by Gasteiger charge is -2.19. The molecule has 0 bridgehead atoms. The van der Waals surface area contributed by atoms with Gasteiger partial charge in [0.25, 0.3) is 0 Å². The third-order valence-electron chi connectivity index (χ3n) is 3.34. The number of methoxy groups -OCH3 is 1. The smallest absolute Gasteiger partial charge is 0.237 e. The van der Waals surface area contributed by atoms with Gasteiger partial charge in [0.05, 0.1) is 19.2 Å². The summed E-state index contributed by atoms with van der Waals surface area (Å²) in [6, 6.07) is 7.68. The zero-order chi connectivity index (χ0) is 13.0. The van der Waals surface area contributed by atoms with Gasteiger partial charge in [-0.05, 0) is 32.4 Å². The molecular formula is C14H20N2O2. The van der Waals surface area contributed by atoms with Gasteiger partial charge < -0.3 is 15.4 Å². The maximum Gasteiger partial charge on any atom is 0.237 e. The summed E-state index contributed by atoms with van der Waals surface area (Å²) in [6.45, 7) is 2.91. The third kappa shape index (κ3) is 2.82. The van der Waals surface area contributed by atoms with Crippen molar-refractivity contribution in [2.45, 2.75) is 31.8 Å². The van der Waals surface area contributed by atoms with Gasteiger partial charge in [-0.25, -0.2) is 0 Å². The highest BCUT2D eigenvalue weighted by Gasteiger charge is 2.23. The van der Waals surface area contributed by atoms with E-state index in [0.29, 0.717) is 0 Å². The van der Waals surface area contributed by atoms with Gasteiger partial charge in [0.15, 0.2) is 0 Å². The van der Waals surface area contributed by atoms with Crippen LogP contribution in [-0.2, 0) is 4.79 Å². The van der Waals surface area contributed by atoms with Crippen molar-refractivity contribution >= 4 is 5.91 Å². The molecular weight excluding hydrogens is 228 g/mol. The summed E-state index contributed by atoms with van der Waals surface area (Å²) in [5.74, 6) is 0.885. The average Bonchev–Trinajstić information content (AvgIpc) is 2.92. The van der Waals surface area contributed by atoms with Gasteiger partial charge in [0, 0.05) is 5.56 Å². The maximum atomic E-state index is 12.0. The molecule has 18 heavy (non-hydrogen) atoms. The molecule has 1 unspecified atom stereocenters. The number of rotatable bonds is 4. The average molecular weight is 248 g/mol. The first-order chi connectivity index (χ1) is 8.72. The highest BCUT2D eigenvalue weighted by molar-refractivity contribution is 5.82. The zero-order valence-electron chi connectivity index (χ0n) is 10.9. The predicted octanol–water partition coefficient (Wildman–Crippen LogP) is 1.62. The van der Waals surface area contributed by atoms with Gasteiger partial charge in [0.2, 0.25) is 5.91 Å². The predicted molar refractivity (Wildman–Crippen MR) is 70.6 cm³/mol. The highest BCUT2D eigenvalue weighted by Crippen LogP contribution is 2.24. The van der Waals surface area contributed by atoms with Crippen molar-refractivity contribution in [1.29, 1.82) is 0 Å². The van der Waals surface area contributed by atoms with Crippen LogP contribution in [0.3, 0.4) is 0 Å². The lowest BCUT2D eigenvalue weighted by Crippen LogP contribution is -2.41. The van der Waals surface area contributed by atoms with E-state index in [1.165, 1.54) is 0 Å². The first-order valence-corrected chi connectivity index (χ1v) is 6.39. The Morgan fingerprint density at radius 3 is 2.94 bits per heavy atom. The molecule has 1 amide bonds. The van der Waals surface area contributed by atoms with Crippen LogP contribution in [0.1, 0.15) is 31.4 Å². The van der Waals surface area contributed by atoms with Gasteiger partial charge in [-0.1, -0.05) is 18.2 Å². The number of para-hydroxylation sites is 1. The largest absolute Gasteiger partial charge is 0.496 e. The molecule has 2 rings (SSSR count). The minimum atomic E-state index is -0.0453. The molecule has 2 atom stereocenters. The summed E-state index contributed by atoms with van der Waals surface area (Å²) >= 11 is 0. The number of carbonyl (C=O) groups excluding carboxylic acids is 1. The Morgan fingerprint density at radius 2 is 2.28 bits per heavy atom. The molecule has 1 aliphatic rings. The molecule has 0 radical (unpaired) electrons. The van der Waals surface area contributed by atoms with Gasteiger partial charge in [-0.2, -0.15) is 0 Å². The van der Waals surface area contributed by atoms with Crippen molar-refractivity contribution in [3.8, 4) is 5.75 Å². The number of carbonyl (C=O) groups is 1. The van der Waals surface area contributed by atoms with Crippen LogP contribution in [0, 0.1) is 0 Å². The second kappa shape index (κ2) is 5.87. The molecule has 0 saturated carbocycles. The van der Waals surface area contributed by atoms with Gasteiger partial charge >= 0.3 is 0 Å².